The van der Waals surface area contributed by atoms with Gasteiger partial charge >= 0.3 is 6.01 Å². The molecule has 0 amide bonds. The Hall–Kier alpha value is -3.90. The summed E-state index contributed by atoms with van der Waals surface area (Å²) in [6, 6.07) is 6.25. The van der Waals surface area contributed by atoms with E-state index in [1.54, 1.807) is 6.07 Å². The predicted molar refractivity (Wildman–Crippen MR) is 166 cm³/mol. The molecule has 4 saturated heterocycles. The Bertz CT molecular complexity index is 1910. The molecule has 5 unspecified atom stereocenters. The van der Waals surface area contributed by atoms with Crippen LogP contribution in [0.5, 0.6) is 17.6 Å². The largest absolute Gasteiger partial charge is 0.508 e. The number of nitrogens with one attached hydrogen (secondary N) is 1. The number of pyridine rings is 1. The minimum absolute atomic E-state index is 0.0145. The van der Waals surface area contributed by atoms with Crippen molar-refractivity contribution in [1.82, 2.24) is 25.2 Å². The standard InChI is InChI=1S/C34H35F3N6O3/c1-2-21-23(36)6-4-17-10-20(44)11-22(26(17)21)29-28(37)30-27-31(43-14-19-5-7-24(38-19)25(43)15-45-32(27)39-29)41-33(40-30)46-16-34-8-3-9-42(34)13-18(35)12-34/h4,6,10-11,18-19,24-25,38,44H,2-3,5,7-9,12-16H2,1H3. The fraction of sp³-hybridized carbons (Fsp3) is 0.500. The normalized spacial score (nSPS) is 28.4. The van der Waals surface area contributed by atoms with Gasteiger partial charge in [-0.15, -0.1) is 0 Å². The van der Waals surface area contributed by atoms with Crippen molar-refractivity contribution in [3.8, 4) is 28.9 Å². The van der Waals surface area contributed by atoms with Crippen LogP contribution in [0.2, 0.25) is 0 Å². The lowest BCUT2D eigenvalue weighted by molar-refractivity contribution is 0.107. The lowest BCUT2D eigenvalue weighted by Gasteiger charge is -2.40. The first-order valence-electron chi connectivity index (χ1n) is 16.3. The van der Waals surface area contributed by atoms with Crippen LogP contribution >= 0.6 is 0 Å². The number of aryl methyl sites for hydroxylation is 1. The number of fused-ring (bicyclic) bond motifs is 7. The molecule has 12 heteroatoms. The van der Waals surface area contributed by atoms with Crippen molar-refractivity contribution in [3.05, 3.63) is 41.5 Å². The van der Waals surface area contributed by atoms with Crippen molar-refractivity contribution in [2.75, 3.05) is 37.7 Å². The SMILES string of the molecule is CCc1c(F)ccc2cc(O)cc(-c3nc4c5c(nc(OCC67CCCN6CC(F)C7)nc5c3F)N3CC5CCC(N5)C3CO4)c12. The molecule has 0 saturated carbocycles. The minimum atomic E-state index is -0.913. The van der Waals surface area contributed by atoms with Crippen molar-refractivity contribution < 1.29 is 27.8 Å². The number of aromatic nitrogens is 3. The average Bonchev–Trinajstić information content (AvgIpc) is 3.68. The first-order chi connectivity index (χ1) is 22.3. The zero-order valence-corrected chi connectivity index (χ0v) is 25.5. The number of benzene rings is 2. The zero-order valence-electron chi connectivity index (χ0n) is 25.5. The van der Waals surface area contributed by atoms with Crippen LogP contribution < -0.4 is 19.7 Å². The summed E-state index contributed by atoms with van der Waals surface area (Å²) in [5, 5.41) is 15.8. The van der Waals surface area contributed by atoms with E-state index in [2.05, 4.69) is 20.1 Å². The van der Waals surface area contributed by atoms with Crippen molar-refractivity contribution in [2.45, 2.75) is 75.3 Å². The monoisotopic (exact) mass is 632 g/mol. The molecule has 9 nitrogen and oxygen atoms in total. The molecule has 9 rings (SSSR count). The molecule has 0 radical (unpaired) electrons. The van der Waals surface area contributed by atoms with Crippen LogP contribution in [0, 0.1) is 11.6 Å². The molecule has 4 aromatic rings. The van der Waals surface area contributed by atoms with E-state index in [1.165, 1.54) is 18.2 Å². The van der Waals surface area contributed by atoms with E-state index in [0.29, 0.717) is 60.1 Å². The third-order valence-electron chi connectivity index (χ3n) is 10.9. The van der Waals surface area contributed by atoms with E-state index in [9.17, 15) is 9.50 Å². The molecule has 5 aliphatic rings. The number of nitrogens with zero attached hydrogens (tertiary/aromatic N) is 5. The lowest BCUT2D eigenvalue weighted by Crippen LogP contribution is -2.60. The van der Waals surface area contributed by atoms with Crippen LogP contribution in [0.3, 0.4) is 0 Å². The zero-order chi connectivity index (χ0) is 31.3. The Kier molecular flexibility index (Phi) is 6.34. The summed E-state index contributed by atoms with van der Waals surface area (Å²) in [6.07, 6.45) is 3.62. The molecule has 0 spiro atoms. The molecular formula is C34H35F3N6O3. The van der Waals surface area contributed by atoms with Crippen LogP contribution in [0.4, 0.5) is 19.0 Å². The Balaban J connectivity index is 1.24. The second kappa shape index (κ2) is 10.3. The second-order valence-corrected chi connectivity index (χ2v) is 13.5. The highest BCUT2D eigenvalue weighted by molar-refractivity contribution is 6.03. The number of ether oxygens (including phenoxy) is 2. The van der Waals surface area contributed by atoms with Gasteiger partial charge in [0.15, 0.2) is 5.82 Å². The smallest absolute Gasteiger partial charge is 0.319 e. The van der Waals surface area contributed by atoms with Gasteiger partial charge in [0.05, 0.1) is 11.6 Å². The van der Waals surface area contributed by atoms with Gasteiger partial charge in [-0.3, -0.25) is 4.90 Å². The maximum Gasteiger partial charge on any atom is 0.319 e. The summed E-state index contributed by atoms with van der Waals surface area (Å²) >= 11 is 0. The molecule has 2 bridgehead atoms. The number of rotatable bonds is 5. The quantitative estimate of drug-likeness (QED) is 0.314. The number of hydrogen-bond acceptors (Lipinski definition) is 9. The number of phenolic OH excluding ortho intramolecular Hbond substituents is 1. The van der Waals surface area contributed by atoms with E-state index in [0.717, 1.165) is 32.2 Å². The molecule has 2 aromatic carbocycles. The highest BCUT2D eigenvalue weighted by Gasteiger charge is 2.50. The summed E-state index contributed by atoms with van der Waals surface area (Å²) in [5.41, 5.74) is 0.0926. The summed E-state index contributed by atoms with van der Waals surface area (Å²) in [6.45, 7) is 4.21. The van der Waals surface area contributed by atoms with Crippen molar-refractivity contribution in [3.63, 3.8) is 0 Å². The molecule has 2 aromatic heterocycles. The molecule has 46 heavy (non-hydrogen) atoms. The van der Waals surface area contributed by atoms with Crippen molar-refractivity contribution >= 4 is 27.5 Å². The Morgan fingerprint density at radius 3 is 2.89 bits per heavy atom. The van der Waals surface area contributed by atoms with Crippen molar-refractivity contribution in [1.29, 1.82) is 0 Å². The Morgan fingerprint density at radius 1 is 1.13 bits per heavy atom. The second-order valence-electron chi connectivity index (χ2n) is 13.5. The average molecular weight is 633 g/mol. The fourth-order valence-corrected chi connectivity index (χ4v) is 8.84. The van der Waals surface area contributed by atoms with E-state index in [4.69, 9.17) is 19.4 Å². The Morgan fingerprint density at radius 2 is 2.02 bits per heavy atom. The topological polar surface area (TPSA) is 95.9 Å². The molecule has 5 aliphatic heterocycles. The van der Waals surface area contributed by atoms with Gasteiger partial charge < -0.3 is 24.8 Å². The number of piperazine rings is 1. The number of alkyl halides is 1. The molecule has 240 valence electrons. The van der Waals surface area contributed by atoms with Crippen LogP contribution in [0.25, 0.3) is 32.9 Å². The molecule has 0 aliphatic carbocycles. The number of anilines is 1. The molecule has 7 heterocycles. The van der Waals surface area contributed by atoms with Crippen LogP contribution in [0.1, 0.15) is 44.6 Å². The molecule has 5 atom stereocenters. The van der Waals surface area contributed by atoms with Crippen LogP contribution in [0.15, 0.2) is 24.3 Å². The number of phenols is 1. The molecular weight excluding hydrogens is 597 g/mol. The van der Waals surface area contributed by atoms with Gasteiger partial charge in [0.25, 0.3) is 0 Å². The van der Waals surface area contributed by atoms with Crippen LogP contribution in [-0.2, 0) is 6.42 Å². The maximum atomic E-state index is 17.1. The number of halogens is 3. The van der Waals surface area contributed by atoms with Gasteiger partial charge in [0.2, 0.25) is 5.88 Å². The Labute approximate surface area is 263 Å². The van der Waals surface area contributed by atoms with Gasteiger partial charge in [-0.25, -0.2) is 18.2 Å². The predicted octanol–water partition coefficient (Wildman–Crippen LogP) is 5.05. The summed E-state index contributed by atoms with van der Waals surface area (Å²) in [7, 11) is 0. The summed E-state index contributed by atoms with van der Waals surface area (Å²) < 4.78 is 59.3. The van der Waals surface area contributed by atoms with Gasteiger partial charge in [-0.2, -0.15) is 9.97 Å². The highest BCUT2D eigenvalue weighted by Crippen LogP contribution is 2.45. The summed E-state index contributed by atoms with van der Waals surface area (Å²) in [4.78, 5) is 18.6. The summed E-state index contributed by atoms with van der Waals surface area (Å²) in [5.74, 6) is -0.568. The maximum absolute atomic E-state index is 17.1. The van der Waals surface area contributed by atoms with Gasteiger partial charge in [-0.05, 0) is 73.2 Å². The number of hydrogen-bond donors (Lipinski definition) is 2. The van der Waals surface area contributed by atoms with E-state index in [1.807, 2.05) is 6.92 Å². The van der Waals surface area contributed by atoms with Gasteiger partial charge in [0.1, 0.15) is 53.4 Å². The van der Waals surface area contributed by atoms with E-state index >= 15 is 8.78 Å². The first kappa shape index (κ1) is 28.3. The minimum Gasteiger partial charge on any atom is -0.508 e. The van der Waals surface area contributed by atoms with E-state index < -0.39 is 23.3 Å². The van der Waals surface area contributed by atoms with Crippen LogP contribution in [-0.4, -0.2) is 87.6 Å². The third-order valence-corrected chi connectivity index (χ3v) is 10.9. The highest BCUT2D eigenvalue weighted by atomic mass is 19.1. The fourth-order valence-electron chi connectivity index (χ4n) is 8.84. The van der Waals surface area contributed by atoms with Gasteiger partial charge in [0, 0.05) is 37.2 Å². The first-order valence-corrected chi connectivity index (χ1v) is 16.3. The third kappa shape index (κ3) is 4.18. The molecule has 4 fully saturated rings. The van der Waals surface area contributed by atoms with Gasteiger partial charge in [-0.1, -0.05) is 13.0 Å². The van der Waals surface area contributed by atoms with E-state index in [-0.39, 0.29) is 59.1 Å². The van der Waals surface area contributed by atoms with Crippen molar-refractivity contribution in [2.24, 2.45) is 0 Å². The number of aromatic hydroxyl groups is 1. The lowest BCUT2D eigenvalue weighted by atomic mass is 9.94. The molecule has 2 N–H and O–H groups in total.